The molecule has 2 rings (SSSR count). The Kier molecular flexibility index (Phi) is 2.10. The van der Waals surface area contributed by atoms with Crippen molar-refractivity contribution in [2.24, 2.45) is 0 Å². The quantitative estimate of drug-likeness (QED) is 0.701. The number of imidazole rings is 1. The minimum absolute atomic E-state index is 0.0115. The maximum absolute atomic E-state index is 8.83. The second-order valence-corrected chi connectivity index (χ2v) is 2.98. The smallest absolute Gasteiger partial charge is 0.135 e. The molecule has 1 N–H and O–H groups in total. The molecule has 0 aliphatic carbocycles. The first-order chi connectivity index (χ1) is 5.90. The molecular formula is C8H12N2O2. The van der Waals surface area contributed by atoms with Crippen LogP contribution in [0.3, 0.4) is 0 Å². The summed E-state index contributed by atoms with van der Waals surface area (Å²) in [6.07, 6.45) is 7.33. The van der Waals surface area contributed by atoms with Crippen LogP contribution in [0.1, 0.15) is 19.1 Å². The molecule has 0 aromatic carbocycles. The van der Waals surface area contributed by atoms with Crippen LogP contribution in [0.5, 0.6) is 0 Å². The predicted molar refractivity (Wildman–Crippen MR) is 42.5 cm³/mol. The third-order valence-electron chi connectivity index (χ3n) is 2.15. The summed E-state index contributed by atoms with van der Waals surface area (Å²) < 4.78 is 7.45. The van der Waals surface area contributed by atoms with Crippen LogP contribution in [-0.2, 0) is 4.74 Å². The van der Waals surface area contributed by atoms with E-state index in [1.54, 1.807) is 12.5 Å². The van der Waals surface area contributed by atoms with E-state index in [4.69, 9.17) is 9.84 Å². The lowest BCUT2D eigenvalue weighted by atomic mass is 10.2. The van der Waals surface area contributed by atoms with E-state index < -0.39 is 0 Å². The zero-order valence-electron chi connectivity index (χ0n) is 6.76. The lowest BCUT2D eigenvalue weighted by Gasteiger charge is -2.12. The molecule has 1 aromatic heterocycles. The van der Waals surface area contributed by atoms with E-state index in [1.807, 2.05) is 10.8 Å². The Labute approximate surface area is 70.8 Å². The van der Waals surface area contributed by atoms with Crippen molar-refractivity contribution in [2.45, 2.75) is 25.2 Å². The molecule has 2 heterocycles. The van der Waals surface area contributed by atoms with Gasteiger partial charge in [0, 0.05) is 12.4 Å². The largest absolute Gasteiger partial charge is 0.394 e. The molecule has 1 aromatic rings. The molecule has 1 aliphatic heterocycles. The molecular weight excluding hydrogens is 156 g/mol. The Hall–Kier alpha value is -0.870. The van der Waals surface area contributed by atoms with Crippen molar-refractivity contribution in [1.82, 2.24) is 9.55 Å². The third kappa shape index (κ3) is 1.35. The van der Waals surface area contributed by atoms with Gasteiger partial charge < -0.3 is 14.4 Å². The van der Waals surface area contributed by atoms with Gasteiger partial charge in [0.05, 0.1) is 19.0 Å². The maximum atomic E-state index is 8.83. The number of hydrogen-bond donors (Lipinski definition) is 1. The van der Waals surface area contributed by atoms with E-state index in [0.29, 0.717) is 0 Å². The van der Waals surface area contributed by atoms with Crippen molar-refractivity contribution < 1.29 is 9.84 Å². The van der Waals surface area contributed by atoms with Crippen molar-refractivity contribution in [1.29, 1.82) is 0 Å². The van der Waals surface area contributed by atoms with Gasteiger partial charge in [-0.2, -0.15) is 0 Å². The maximum Gasteiger partial charge on any atom is 0.135 e. The number of rotatable bonds is 2. The van der Waals surface area contributed by atoms with E-state index in [1.165, 1.54) is 0 Å². The monoisotopic (exact) mass is 168 g/mol. The van der Waals surface area contributed by atoms with Crippen LogP contribution in [0.4, 0.5) is 0 Å². The normalized spacial score (nSPS) is 29.4. The van der Waals surface area contributed by atoms with Gasteiger partial charge in [0.2, 0.25) is 0 Å². The van der Waals surface area contributed by atoms with Crippen LogP contribution >= 0.6 is 0 Å². The Morgan fingerprint density at radius 2 is 2.50 bits per heavy atom. The summed E-state index contributed by atoms with van der Waals surface area (Å²) in [6, 6.07) is 0. The van der Waals surface area contributed by atoms with Crippen molar-refractivity contribution in [2.75, 3.05) is 6.61 Å². The summed E-state index contributed by atoms with van der Waals surface area (Å²) in [5.41, 5.74) is 0. The number of aliphatic hydroxyl groups is 1. The molecule has 66 valence electrons. The van der Waals surface area contributed by atoms with E-state index in [-0.39, 0.29) is 18.9 Å². The molecule has 0 unspecified atom stereocenters. The zero-order valence-corrected chi connectivity index (χ0v) is 6.76. The molecule has 1 aliphatic rings. The lowest BCUT2D eigenvalue weighted by Crippen LogP contribution is -2.13. The van der Waals surface area contributed by atoms with Crippen molar-refractivity contribution in [3.05, 3.63) is 18.7 Å². The summed E-state index contributed by atoms with van der Waals surface area (Å²) in [4.78, 5) is 3.94. The fourth-order valence-corrected chi connectivity index (χ4v) is 1.48. The third-order valence-corrected chi connectivity index (χ3v) is 2.15. The van der Waals surface area contributed by atoms with Crippen molar-refractivity contribution in [3.8, 4) is 0 Å². The zero-order chi connectivity index (χ0) is 8.39. The standard InChI is InChI=1S/C8H12N2O2/c11-5-7-1-2-8(12-7)10-4-3-9-6-10/h3-4,6-8,11H,1-2,5H2/t7-,8-/m0/s1. The van der Waals surface area contributed by atoms with Gasteiger partial charge in [-0.1, -0.05) is 0 Å². The Balaban J connectivity index is 2.00. The average Bonchev–Trinajstić information content (AvgIpc) is 2.75. The molecule has 0 saturated carbocycles. The second-order valence-electron chi connectivity index (χ2n) is 2.98. The van der Waals surface area contributed by atoms with Crippen molar-refractivity contribution >= 4 is 0 Å². The summed E-state index contributed by atoms with van der Waals surface area (Å²) in [6.45, 7) is 0.116. The Bertz CT molecular complexity index is 235. The van der Waals surface area contributed by atoms with E-state index in [9.17, 15) is 0 Å². The van der Waals surface area contributed by atoms with Crippen LogP contribution < -0.4 is 0 Å². The highest BCUT2D eigenvalue weighted by molar-refractivity contribution is 4.80. The predicted octanol–water partition coefficient (Wildman–Crippen LogP) is 0.553. The van der Waals surface area contributed by atoms with E-state index >= 15 is 0 Å². The first kappa shape index (κ1) is 7.76. The molecule has 2 atom stereocenters. The number of nitrogens with zero attached hydrogens (tertiary/aromatic N) is 2. The first-order valence-electron chi connectivity index (χ1n) is 4.14. The molecule has 4 nitrogen and oxygen atoms in total. The highest BCUT2D eigenvalue weighted by Gasteiger charge is 2.25. The summed E-state index contributed by atoms with van der Waals surface area (Å²) in [5, 5.41) is 8.83. The van der Waals surface area contributed by atoms with Crippen LogP contribution in [0.2, 0.25) is 0 Å². The van der Waals surface area contributed by atoms with Crippen LogP contribution in [0, 0.1) is 0 Å². The highest BCUT2D eigenvalue weighted by atomic mass is 16.5. The van der Waals surface area contributed by atoms with Crippen molar-refractivity contribution in [3.63, 3.8) is 0 Å². The molecule has 0 spiro atoms. The van der Waals surface area contributed by atoms with Gasteiger partial charge in [-0.05, 0) is 12.8 Å². The van der Waals surface area contributed by atoms with Gasteiger partial charge in [0.15, 0.2) is 0 Å². The average molecular weight is 168 g/mol. The van der Waals surface area contributed by atoms with Gasteiger partial charge in [-0.25, -0.2) is 4.98 Å². The summed E-state index contributed by atoms with van der Waals surface area (Å²) in [7, 11) is 0. The molecule has 0 bridgehead atoms. The second kappa shape index (κ2) is 3.25. The minimum atomic E-state index is 0.0115. The molecule has 0 radical (unpaired) electrons. The first-order valence-corrected chi connectivity index (χ1v) is 4.14. The van der Waals surface area contributed by atoms with Gasteiger partial charge in [0.1, 0.15) is 6.23 Å². The van der Waals surface area contributed by atoms with Gasteiger partial charge in [0.25, 0.3) is 0 Å². The van der Waals surface area contributed by atoms with Gasteiger partial charge >= 0.3 is 0 Å². The van der Waals surface area contributed by atoms with Crippen LogP contribution in [0.15, 0.2) is 18.7 Å². The summed E-state index contributed by atoms with van der Waals surface area (Å²) >= 11 is 0. The number of aromatic nitrogens is 2. The van der Waals surface area contributed by atoms with E-state index in [0.717, 1.165) is 12.8 Å². The van der Waals surface area contributed by atoms with Gasteiger partial charge in [-0.15, -0.1) is 0 Å². The minimum Gasteiger partial charge on any atom is -0.394 e. The fourth-order valence-electron chi connectivity index (χ4n) is 1.48. The topological polar surface area (TPSA) is 47.3 Å². The molecule has 0 amide bonds. The Morgan fingerprint density at radius 1 is 1.58 bits per heavy atom. The highest BCUT2D eigenvalue weighted by Crippen LogP contribution is 2.27. The van der Waals surface area contributed by atoms with E-state index in [2.05, 4.69) is 4.98 Å². The Morgan fingerprint density at radius 3 is 3.08 bits per heavy atom. The number of ether oxygens (including phenoxy) is 1. The molecule has 1 saturated heterocycles. The molecule has 1 fully saturated rings. The fraction of sp³-hybridized carbons (Fsp3) is 0.625. The molecule has 4 heteroatoms. The van der Waals surface area contributed by atoms with Crippen LogP contribution in [0.25, 0.3) is 0 Å². The number of aliphatic hydroxyl groups excluding tert-OH is 1. The lowest BCUT2D eigenvalue weighted by molar-refractivity contribution is -0.0223. The summed E-state index contributed by atoms with van der Waals surface area (Å²) in [5.74, 6) is 0. The molecule has 12 heavy (non-hydrogen) atoms. The SMILES string of the molecule is OC[C@@H]1CC[C@@H](n2ccnc2)O1. The van der Waals surface area contributed by atoms with Crippen LogP contribution in [-0.4, -0.2) is 27.4 Å². The number of hydrogen-bond acceptors (Lipinski definition) is 3. The van der Waals surface area contributed by atoms with Gasteiger partial charge in [-0.3, -0.25) is 0 Å².